The number of ether oxygens (including phenoxy) is 1. The summed E-state index contributed by atoms with van der Waals surface area (Å²) in [7, 11) is 1.64. The number of methoxy groups -OCH3 is 1. The quantitative estimate of drug-likeness (QED) is 0.844. The Kier molecular flexibility index (Phi) is 6.56. The van der Waals surface area contributed by atoms with E-state index in [0.29, 0.717) is 13.2 Å². The molecule has 0 aliphatic rings. The summed E-state index contributed by atoms with van der Waals surface area (Å²) in [5.74, 6) is -0.347. The van der Waals surface area contributed by atoms with Crippen molar-refractivity contribution in [3.05, 3.63) is 35.4 Å². The van der Waals surface area contributed by atoms with Gasteiger partial charge in [-0.3, -0.25) is 9.59 Å². The largest absolute Gasteiger partial charge is 0.380 e. The van der Waals surface area contributed by atoms with E-state index >= 15 is 0 Å². The molecular weight excluding hydrogens is 280 g/mol. The molecule has 0 radical (unpaired) electrons. The minimum absolute atomic E-state index is 0.144. The van der Waals surface area contributed by atoms with Crippen molar-refractivity contribution in [2.45, 2.75) is 46.9 Å². The average Bonchev–Trinajstić information content (AvgIpc) is 2.45. The highest BCUT2D eigenvalue weighted by atomic mass is 16.5. The van der Waals surface area contributed by atoms with E-state index in [1.807, 2.05) is 45.0 Å². The van der Waals surface area contributed by atoms with Gasteiger partial charge in [0.15, 0.2) is 0 Å². The molecule has 1 aromatic carbocycles. The number of nitrogens with one attached hydrogen (secondary N) is 2. The van der Waals surface area contributed by atoms with Crippen LogP contribution in [0.2, 0.25) is 0 Å². The van der Waals surface area contributed by atoms with Crippen molar-refractivity contribution in [1.82, 2.24) is 10.6 Å². The monoisotopic (exact) mass is 306 g/mol. The second-order valence-corrected chi connectivity index (χ2v) is 6.36. The number of hydrogen-bond acceptors (Lipinski definition) is 3. The molecule has 122 valence electrons. The van der Waals surface area contributed by atoms with Gasteiger partial charge in [-0.2, -0.15) is 0 Å². The van der Waals surface area contributed by atoms with Crippen molar-refractivity contribution in [3.8, 4) is 0 Å². The van der Waals surface area contributed by atoms with Crippen LogP contribution in [0.15, 0.2) is 24.3 Å². The first-order chi connectivity index (χ1) is 10.3. The number of benzene rings is 1. The van der Waals surface area contributed by atoms with Gasteiger partial charge in [0, 0.05) is 19.1 Å². The second kappa shape index (κ2) is 7.94. The highest BCUT2D eigenvalue weighted by Crippen LogP contribution is 2.13. The molecule has 0 heterocycles. The van der Waals surface area contributed by atoms with Crippen LogP contribution in [-0.2, 0) is 27.5 Å². The van der Waals surface area contributed by atoms with Gasteiger partial charge in [-0.05, 0) is 18.1 Å². The number of amides is 2. The molecule has 0 aromatic heterocycles. The van der Waals surface area contributed by atoms with Crippen LogP contribution >= 0.6 is 0 Å². The summed E-state index contributed by atoms with van der Waals surface area (Å²) in [6, 6.07) is 7.21. The van der Waals surface area contributed by atoms with Crippen LogP contribution in [-0.4, -0.2) is 25.0 Å². The normalized spacial score (nSPS) is 12.6. The predicted octanol–water partition coefficient (Wildman–Crippen LogP) is 2.00. The molecule has 1 atom stereocenters. The first-order valence-corrected chi connectivity index (χ1v) is 7.40. The van der Waals surface area contributed by atoms with Gasteiger partial charge in [-0.1, -0.05) is 45.0 Å². The van der Waals surface area contributed by atoms with Crippen molar-refractivity contribution in [2.75, 3.05) is 7.11 Å². The predicted molar refractivity (Wildman–Crippen MR) is 86.1 cm³/mol. The van der Waals surface area contributed by atoms with Crippen molar-refractivity contribution < 1.29 is 14.3 Å². The summed E-state index contributed by atoms with van der Waals surface area (Å²) in [5, 5.41) is 5.57. The standard InChI is InChI=1S/C17H26N2O3/c1-12(19-16(21)17(2,3)4)15(20)18-10-13-8-6-7-9-14(13)11-22-5/h6-9,12H,10-11H2,1-5H3,(H,18,20)(H,19,21). The highest BCUT2D eigenvalue weighted by molar-refractivity contribution is 5.89. The van der Waals surface area contributed by atoms with Gasteiger partial charge in [0.1, 0.15) is 6.04 Å². The fraction of sp³-hybridized carbons (Fsp3) is 0.529. The smallest absolute Gasteiger partial charge is 0.242 e. The third-order valence-corrected chi connectivity index (χ3v) is 3.29. The minimum atomic E-state index is -0.568. The zero-order valence-corrected chi connectivity index (χ0v) is 14.0. The fourth-order valence-corrected chi connectivity index (χ4v) is 1.84. The summed E-state index contributed by atoms with van der Waals surface area (Å²) in [5.41, 5.74) is 1.53. The zero-order chi connectivity index (χ0) is 16.8. The number of carbonyl (C=O) groups is 2. The van der Waals surface area contributed by atoms with E-state index in [0.717, 1.165) is 11.1 Å². The molecular formula is C17H26N2O3. The molecule has 0 bridgehead atoms. The first kappa shape index (κ1) is 18.2. The lowest BCUT2D eigenvalue weighted by atomic mass is 9.95. The molecule has 22 heavy (non-hydrogen) atoms. The molecule has 2 amide bonds. The number of carbonyl (C=O) groups excluding carboxylic acids is 2. The van der Waals surface area contributed by atoms with Crippen molar-refractivity contribution in [3.63, 3.8) is 0 Å². The van der Waals surface area contributed by atoms with Gasteiger partial charge < -0.3 is 15.4 Å². The summed E-state index contributed by atoms with van der Waals surface area (Å²) in [6.45, 7) is 8.03. The number of rotatable bonds is 6. The van der Waals surface area contributed by atoms with Gasteiger partial charge in [0.25, 0.3) is 0 Å². The Morgan fingerprint density at radius 3 is 2.32 bits per heavy atom. The molecule has 0 aliphatic carbocycles. The molecule has 0 spiro atoms. The van der Waals surface area contributed by atoms with Gasteiger partial charge in [0.05, 0.1) is 6.61 Å². The summed E-state index contributed by atoms with van der Waals surface area (Å²) >= 11 is 0. The van der Waals surface area contributed by atoms with Crippen LogP contribution < -0.4 is 10.6 Å². The van der Waals surface area contributed by atoms with Crippen LogP contribution in [0.4, 0.5) is 0 Å². The molecule has 0 saturated heterocycles. The molecule has 0 fully saturated rings. The first-order valence-electron chi connectivity index (χ1n) is 7.40. The van der Waals surface area contributed by atoms with Gasteiger partial charge >= 0.3 is 0 Å². The van der Waals surface area contributed by atoms with Gasteiger partial charge in [-0.15, -0.1) is 0 Å². The Labute approximate surface area is 132 Å². The summed E-state index contributed by atoms with van der Waals surface area (Å²) < 4.78 is 5.14. The van der Waals surface area contributed by atoms with Crippen molar-refractivity contribution in [2.24, 2.45) is 5.41 Å². The Morgan fingerprint density at radius 2 is 1.77 bits per heavy atom. The zero-order valence-electron chi connectivity index (χ0n) is 14.0. The van der Waals surface area contributed by atoms with Crippen LogP contribution in [0.5, 0.6) is 0 Å². The van der Waals surface area contributed by atoms with E-state index < -0.39 is 11.5 Å². The molecule has 5 heteroatoms. The fourth-order valence-electron chi connectivity index (χ4n) is 1.84. The Balaban J connectivity index is 2.57. The van der Waals surface area contributed by atoms with E-state index in [1.54, 1.807) is 14.0 Å². The van der Waals surface area contributed by atoms with Crippen molar-refractivity contribution >= 4 is 11.8 Å². The summed E-state index contributed by atoms with van der Waals surface area (Å²) in [6.07, 6.45) is 0. The Bertz CT molecular complexity index is 521. The van der Waals surface area contributed by atoms with Crippen LogP contribution in [0.25, 0.3) is 0 Å². The lowest BCUT2D eigenvalue weighted by Gasteiger charge is -2.21. The maximum absolute atomic E-state index is 12.1. The SMILES string of the molecule is COCc1ccccc1CNC(=O)C(C)NC(=O)C(C)(C)C. The minimum Gasteiger partial charge on any atom is -0.380 e. The van der Waals surface area contributed by atoms with E-state index in [-0.39, 0.29) is 11.8 Å². The lowest BCUT2D eigenvalue weighted by molar-refractivity contribution is -0.133. The molecule has 2 N–H and O–H groups in total. The molecule has 5 nitrogen and oxygen atoms in total. The van der Waals surface area contributed by atoms with Gasteiger partial charge in [0.2, 0.25) is 11.8 Å². The second-order valence-electron chi connectivity index (χ2n) is 6.36. The van der Waals surface area contributed by atoms with E-state index in [9.17, 15) is 9.59 Å². The van der Waals surface area contributed by atoms with Crippen LogP contribution in [0.1, 0.15) is 38.8 Å². The topological polar surface area (TPSA) is 67.4 Å². The number of hydrogen-bond donors (Lipinski definition) is 2. The van der Waals surface area contributed by atoms with Crippen molar-refractivity contribution in [1.29, 1.82) is 0 Å². The average molecular weight is 306 g/mol. The molecule has 1 aromatic rings. The molecule has 1 unspecified atom stereocenters. The summed E-state index contributed by atoms with van der Waals surface area (Å²) in [4.78, 5) is 24.0. The Morgan fingerprint density at radius 1 is 1.18 bits per heavy atom. The van der Waals surface area contributed by atoms with Gasteiger partial charge in [-0.25, -0.2) is 0 Å². The van der Waals surface area contributed by atoms with E-state index in [1.165, 1.54) is 0 Å². The van der Waals surface area contributed by atoms with Crippen LogP contribution in [0.3, 0.4) is 0 Å². The lowest BCUT2D eigenvalue weighted by Crippen LogP contribution is -2.48. The molecule has 0 saturated carbocycles. The van der Waals surface area contributed by atoms with E-state index in [2.05, 4.69) is 10.6 Å². The third kappa shape index (κ3) is 5.48. The molecule has 0 aliphatic heterocycles. The maximum Gasteiger partial charge on any atom is 0.242 e. The van der Waals surface area contributed by atoms with Crippen LogP contribution in [0, 0.1) is 5.41 Å². The highest BCUT2D eigenvalue weighted by Gasteiger charge is 2.24. The molecule has 1 rings (SSSR count). The maximum atomic E-state index is 12.1. The Hall–Kier alpha value is -1.88. The third-order valence-electron chi connectivity index (χ3n) is 3.29. The van der Waals surface area contributed by atoms with E-state index in [4.69, 9.17) is 4.74 Å².